The second-order valence-electron chi connectivity index (χ2n) is 9.39. The summed E-state index contributed by atoms with van der Waals surface area (Å²) >= 11 is 0. The maximum absolute atomic E-state index is 13.9. The zero-order valence-electron chi connectivity index (χ0n) is 17.2. The summed E-state index contributed by atoms with van der Waals surface area (Å²) in [6.07, 6.45) is 15.9. The van der Waals surface area contributed by atoms with Gasteiger partial charge >= 0.3 is 0 Å². The van der Waals surface area contributed by atoms with Crippen LogP contribution in [0.4, 0.5) is 8.78 Å². The molecule has 0 nitrogen and oxygen atoms in total. The fourth-order valence-corrected chi connectivity index (χ4v) is 9.42. The van der Waals surface area contributed by atoms with E-state index in [2.05, 4.69) is 6.92 Å². The first-order valence-corrected chi connectivity index (χ1v) is 14.0. The molecule has 1 heterocycles. The number of benzene rings is 1. The van der Waals surface area contributed by atoms with E-state index < -0.39 is 20.4 Å². The molecule has 3 heteroatoms. The number of halogens is 2. The Morgan fingerprint density at radius 1 is 1.00 bits per heavy atom. The standard InChI is InChI=1S/C24H38F2Si/c1-2-3-5-8-20-11-16-27(17-12-20)18-15-24(13-6-4-7-14-24)21-9-10-22(25)23(26)19-21/h9-10,19-20,27H,2-8,11-18H2,1H3. The molecule has 0 radical (unpaired) electrons. The third-order valence-electron chi connectivity index (χ3n) is 7.56. The van der Waals surface area contributed by atoms with Crippen molar-refractivity contribution in [3.63, 3.8) is 0 Å². The highest BCUT2D eigenvalue weighted by molar-refractivity contribution is 6.59. The van der Waals surface area contributed by atoms with Gasteiger partial charge in [-0.15, -0.1) is 0 Å². The van der Waals surface area contributed by atoms with Gasteiger partial charge in [0, 0.05) is 8.80 Å². The van der Waals surface area contributed by atoms with E-state index in [4.69, 9.17) is 0 Å². The second kappa shape index (κ2) is 10.2. The van der Waals surface area contributed by atoms with Gasteiger partial charge in [-0.3, -0.25) is 0 Å². The molecule has 3 rings (SSSR count). The van der Waals surface area contributed by atoms with Crippen molar-refractivity contribution >= 4 is 8.80 Å². The van der Waals surface area contributed by atoms with Crippen molar-refractivity contribution in [2.75, 3.05) is 0 Å². The maximum atomic E-state index is 13.9. The molecule has 1 aromatic carbocycles. The van der Waals surface area contributed by atoms with Gasteiger partial charge in [-0.1, -0.05) is 88.9 Å². The molecular formula is C24H38F2Si. The van der Waals surface area contributed by atoms with Crippen LogP contribution in [0.1, 0.15) is 89.5 Å². The van der Waals surface area contributed by atoms with Gasteiger partial charge in [-0.25, -0.2) is 8.78 Å². The van der Waals surface area contributed by atoms with Crippen molar-refractivity contribution in [3.05, 3.63) is 35.4 Å². The lowest BCUT2D eigenvalue weighted by Crippen LogP contribution is -2.32. The Hall–Kier alpha value is -0.703. The summed E-state index contributed by atoms with van der Waals surface area (Å²) in [6, 6.07) is 9.17. The average molecular weight is 393 g/mol. The SMILES string of the molecule is CCCCCC1CC[SiH](CCC2(c3ccc(F)c(F)c3)CCCCC2)CC1. The Bertz CT molecular complexity index is 572. The summed E-state index contributed by atoms with van der Waals surface area (Å²) in [5.41, 5.74) is 1.20. The molecular weight excluding hydrogens is 354 g/mol. The number of rotatable bonds is 8. The predicted molar refractivity (Wildman–Crippen MR) is 114 cm³/mol. The average Bonchev–Trinajstić information content (AvgIpc) is 2.70. The van der Waals surface area contributed by atoms with Crippen LogP contribution in [0.15, 0.2) is 18.2 Å². The molecule has 0 bridgehead atoms. The van der Waals surface area contributed by atoms with Gasteiger partial charge in [0.1, 0.15) is 0 Å². The van der Waals surface area contributed by atoms with Gasteiger partial charge in [0.05, 0.1) is 0 Å². The second-order valence-corrected chi connectivity index (χ2v) is 12.9. The molecule has 1 aliphatic heterocycles. The summed E-state index contributed by atoms with van der Waals surface area (Å²) in [5.74, 6) is -0.377. The quantitative estimate of drug-likeness (QED) is 0.313. The van der Waals surface area contributed by atoms with Crippen LogP contribution >= 0.6 is 0 Å². The van der Waals surface area contributed by atoms with Crippen molar-refractivity contribution < 1.29 is 8.78 Å². The predicted octanol–water partition coefficient (Wildman–Crippen LogP) is 7.77. The fraction of sp³-hybridized carbons (Fsp3) is 0.750. The summed E-state index contributed by atoms with van der Waals surface area (Å²) < 4.78 is 27.4. The van der Waals surface area contributed by atoms with Crippen molar-refractivity contribution in [1.82, 2.24) is 0 Å². The largest absolute Gasteiger partial charge is 0.204 e. The summed E-state index contributed by atoms with van der Waals surface area (Å²) in [4.78, 5) is 0. The molecule has 0 aromatic heterocycles. The van der Waals surface area contributed by atoms with Crippen LogP contribution in [-0.4, -0.2) is 8.80 Å². The molecule has 1 aliphatic carbocycles. The Balaban J connectivity index is 1.56. The molecule has 0 N–H and O–H groups in total. The normalized spacial score (nSPS) is 25.4. The number of unbranched alkanes of at least 4 members (excludes halogenated alkanes) is 2. The Morgan fingerprint density at radius 3 is 2.41 bits per heavy atom. The third-order valence-corrected chi connectivity index (χ3v) is 11.0. The van der Waals surface area contributed by atoms with E-state index in [1.807, 2.05) is 6.07 Å². The zero-order valence-corrected chi connectivity index (χ0v) is 18.4. The van der Waals surface area contributed by atoms with Crippen LogP contribution in [0.2, 0.25) is 18.1 Å². The van der Waals surface area contributed by atoms with Crippen LogP contribution in [-0.2, 0) is 5.41 Å². The lowest BCUT2D eigenvalue weighted by molar-refractivity contribution is 0.280. The van der Waals surface area contributed by atoms with Gasteiger partial charge in [0.25, 0.3) is 0 Å². The first kappa shape index (κ1) is 21.0. The minimum Gasteiger partial charge on any atom is -0.204 e. The molecule has 1 saturated heterocycles. The monoisotopic (exact) mass is 392 g/mol. The van der Waals surface area contributed by atoms with E-state index in [1.165, 1.54) is 107 Å². The summed E-state index contributed by atoms with van der Waals surface area (Å²) in [7, 11) is -0.634. The van der Waals surface area contributed by atoms with Gasteiger partial charge < -0.3 is 0 Å². The Morgan fingerprint density at radius 2 is 1.74 bits per heavy atom. The van der Waals surface area contributed by atoms with E-state index in [0.717, 1.165) is 11.5 Å². The van der Waals surface area contributed by atoms with Crippen molar-refractivity contribution in [2.45, 2.75) is 108 Å². The van der Waals surface area contributed by atoms with E-state index in [9.17, 15) is 8.78 Å². The highest BCUT2D eigenvalue weighted by Crippen LogP contribution is 2.45. The minimum absolute atomic E-state index is 0.123. The molecule has 0 spiro atoms. The summed E-state index contributed by atoms with van der Waals surface area (Å²) in [5, 5.41) is 0. The van der Waals surface area contributed by atoms with Crippen molar-refractivity contribution in [1.29, 1.82) is 0 Å². The molecule has 2 fully saturated rings. The number of hydrogen-bond acceptors (Lipinski definition) is 0. The zero-order chi connectivity index (χ0) is 19.1. The molecule has 0 unspecified atom stereocenters. The van der Waals surface area contributed by atoms with Gasteiger partial charge in [-0.05, 0) is 48.3 Å². The molecule has 1 aromatic rings. The van der Waals surface area contributed by atoms with Gasteiger partial charge in [0.2, 0.25) is 0 Å². The van der Waals surface area contributed by atoms with Gasteiger partial charge in [0.15, 0.2) is 11.6 Å². The van der Waals surface area contributed by atoms with Crippen LogP contribution in [0, 0.1) is 17.6 Å². The number of hydrogen-bond donors (Lipinski definition) is 0. The van der Waals surface area contributed by atoms with Crippen LogP contribution in [0.5, 0.6) is 0 Å². The van der Waals surface area contributed by atoms with E-state index >= 15 is 0 Å². The highest BCUT2D eigenvalue weighted by Gasteiger charge is 2.35. The van der Waals surface area contributed by atoms with Crippen molar-refractivity contribution in [3.8, 4) is 0 Å². The maximum Gasteiger partial charge on any atom is 0.159 e. The highest BCUT2D eigenvalue weighted by atomic mass is 28.3. The minimum atomic E-state index is -0.708. The molecule has 27 heavy (non-hydrogen) atoms. The van der Waals surface area contributed by atoms with E-state index in [0.29, 0.717) is 0 Å². The summed E-state index contributed by atoms with van der Waals surface area (Å²) in [6.45, 7) is 2.29. The third kappa shape index (κ3) is 5.65. The molecule has 0 atom stereocenters. The topological polar surface area (TPSA) is 0 Å². The first-order valence-electron chi connectivity index (χ1n) is 11.6. The lowest BCUT2D eigenvalue weighted by Gasteiger charge is -2.39. The van der Waals surface area contributed by atoms with E-state index in [1.54, 1.807) is 0 Å². The van der Waals surface area contributed by atoms with E-state index in [-0.39, 0.29) is 5.41 Å². The van der Waals surface area contributed by atoms with Crippen LogP contribution in [0.3, 0.4) is 0 Å². The molecule has 152 valence electrons. The molecule has 1 saturated carbocycles. The lowest BCUT2D eigenvalue weighted by atomic mass is 9.68. The Kier molecular flexibility index (Phi) is 7.93. The first-order chi connectivity index (χ1) is 13.1. The molecule has 0 amide bonds. The Labute approximate surface area is 166 Å². The van der Waals surface area contributed by atoms with Crippen LogP contribution < -0.4 is 0 Å². The fourth-order valence-electron chi connectivity index (χ4n) is 5.71. The van der Waals surface area contributed by atoms with Crippen molar-refractivity contribution in [2.24, 2.45) is 5.92 Å². The molecule has 2 aliphatic rings. The van der Waals surface area contributed by atoms with Gasteiger partial charge in [-0.2, -0.15) is 0 Å². The smallest absolute Gasteiger partial charge is 0.159 e. The van der Waals surface area contributed by atoms with Crippen LogP contribution in [0.25, 0.3) is 0 Å².